The maximum Gasteiger partial charge on any atom is 1.00 e. The summed E-state index contributed by atoms with van der Waals surface area (Å²) in [6.45, 7) is 13.5. The molecular formula is C65H69BrF6LiN18NaO9. The number of carboxylic acids is 1. The van der Waals surface area contributed by atoms with E-state index in [0.717, 1.165) is 0 Å². The van der Waals surface area contributed by atoms with Crippen LogP contribution in [0, 0.1) is 62.6 Å². The third-order valence-electron chi connectivity index (χ3n) is 12.9. The van der Waals surface area contributed by atoms with E-state index in [-0.39, 0.29) is 172 Å². The van der Waals surface area contributed by atoms with Crippen LogP contribution in [0.4, 0.5) is 26.3 Å². The van der Waals surface area contributed by atoms with Gasteiger partial charge in [0.15, 0.2) is 22.8 Å². The second-order valence-electron chi connectivity index (χ2n) is 19.4. The summed E-state index contributed by atoms with van der Waals surface area (Å²) in [7, 11) is 0. The first kappa shape index (κ1) is 91.0. The third-order valence-corrected chi connectivity index (χ3v) is 13.5. The van der Waals surface area contributed by atoms with E-state index in [1.165, 1.54) is 60.0 Å². The van der Waals surface area contributed by atoms with Crippen molar-refractivity contribution in [3.8, 4) is 0 Å². The summed E-state index contributed by atoms with van der Waals surface area (Å²) in [5.74, 6) is -4.45. The zero-order chi connectivity index (χ0) is 71.4. The van der Waals surface area contributed by atoms with Crippen LogP contribution in [-0.4, -0.2) is 114 Å². The molecule has 10 rings (SSSR count). The van der Waals surface area contributed by atoms with Crippen molar-refractivity contribution in [2.45, 2.75) is 93.9 Å². The summed E-state index contributed by atoms with van der Waals surface area (Å²) in [6.07, 6.45) is 0. The number of hydrogen-bond acceptors (Lipinski definition) is 17. The summed E-state index contributed by atoms with van der Waals surface area (Å²) >= 11 is 3.17. The minimum absolute atomic E-state index is 0. The fourth-order valence-electron chi connectivity index (χ4n) is 7.96. The Morgan fingerprint density at radius 3 is 1.01 bits per heavy atom. The van der Waals surface area contributed by atoms with Crippen LogP contribution in [0.1, 0.15) is 126 Å². The third kappa shape index (κ3) is 29.0. The summed E-state index contributed by atoms with van der Waals surface area (Å²) in [5.41, 5.74) is 26.9. The predicted octanol–water partition coefficient (Wildman–Crippen LogP) is 8.01. The molecule has 0 bridgehead atoms. The number of hydrogen-bond donors (Lipinski definition) is 1. The van der Waals surface area contributed by atoms with Crippen LogP contribution >= 0.6 is 15.9 Å². The molecule has 0 fully saturated rings. The van der Waals surface area contributed by atoms with Crippen molar-refractivity contribution in [2.24, 2.45) is 5.11 Å². The molecule has 0 amide bonds. The van der Waals surface area contributed by atoms with Gasteiger partial charge in [0.25, 0.3) is 0 Å². The number of aromatic nitrogens is 12. The van der Waals surface area contributed by atoms with Crippen LogP contribution < -0.4 is 48.4 Å². The molecule has 0 saturated carbocycles. The molecule has 0 radical (unpaired) electrons. The van der Waals surface area contributed by atoms with Gasteiger partial charge in [-0.25, -0.2) is 64.2 Å². The van der Waals surface area contributed by atoms with Gasteiger partial charge in [0.05, 0.1) is 75.3 Å². The van der Waals surface area contributed by atoms with Gasteiger partial charge >= 0.3 is 72.3 Å². The van der Waals surface area contributed by atoms with Gasteiger partial charge in [0.1, 0.15) is 34.9 Å². The molecular weight excluding hydrogens is 1400 g/mol. The quantitative estimate of drug-likeness (QED) is 0.0124. The maximum absolute atomic E-state index is 13.6. The minimum atomic E-state index is -1.14. The first-order valence-corrected chi connectivity index (χ1v) is 30.0. The Kier molecular flexibility index (Phi) is 43.9. The van der Waals surface area contributed by atoms with Crippen molar-refractivity contribution in [2.75, 3.05) is 19.8 Å². The fraction of sp³-hybridized carbons (Fsp3) is 0.262. The Morgan fingerprint density at radius 1 is 0.465 bits per heavy atom. The van der Waals surface area contributed by atoms with Crippen LogP contribution in [-0.2, 0) is 52.3 Å². The molecule has 0 aliphatic rings. The van der Waals surface area contributed by atoms with Crippen molar-refractivity contribution in [1.82, 2.24) is 60.0 Å². The topological polar surface area (TPSA) is 377 Å². The van der Waals surface area contributed by atoms with Crippen molar-refractivity contribution >= 4 is 39.8 Å². The number of aryl methyl sites for hydroxylation is 1. The van der Waals surface area contributed by atoms with Crippen LogP contribution in [0.5, 0.6) is 0 Å². The van der Waals surface area contributed by atoms with Gasteiger partial charge in [-0.05, 0) is 102 Å². The first-order valence-electron chi connectivity index (χ1n) is 28.9. The van der Waals surface area contributed by atoms with E-state index in [1.54, 1.807) is 152 Å². The number of ether oxygens (including phenoxy) is 3. The number of carboxylic acid groups (broad SMARTS) is 1. The number of nitrogens with zero attached hydrogens (tertiary/aromatic N) is 18. The number of benzene rings is 6. The van der Waals surface area contributed by atoms with E-state index in [1.807, 2.05) is 6.07 Å². The number of rotatable bonds is 18. The number of alkyl halides is 1. The Labute approximate surface area is 619 Å². The first-order chi connectivity index (χ1) is 46.6. The molecule has 0 unspecified atom stereocenters. The van der Waals surface area contributed by atoms with Gasteiger partial charge < -0.3 is 35.9 Å². The molecule has 0 saturated heterocycles. The molecule has 4 aromatic heterocycles. The molecule has 0 spiro atoms. The number of esters is 3. The van der Waals surface area contributed by atoms with Crippen molar-refractivity contribution in [1.29, 1.82) is 0 Å². The molecule has 0 aliphatic carbocycles. The average molecular weight is 1470 g/mol. The largest absolute Gasteiger partial charge is 1.00 e. The van der Waals surface area contributed by atoms with Gasteiger partial charge in [-0.3, -0.25) is 4.91 Å². The Hall–Kier alpha value is -10.0. The van der Waals surface area contributed by atoms with Crippen LogP contribution in [0.3, 0.4) is 0 Å². The van der Waals surface area contributed by atoms with Gasteiger partial charge in [-0.15, -0.1) is 20.4 Å². The maximum atomic E-state index is 13.6. The Morgan fingerprint density at radius 2 is 0.733 bits per heavy atom. The number of azide groups is 1. The molecule has 36 heteroatoms. The van der Waals surface area contributed by atoms with E-state index in [0.29, 0.717) is 61.5 Å². The molecule has 4 heterocycles. The number of aromatic carboxylic acids is 1. The second kappa shape index (κ2) is 48.7. The van der Waals surface area contributed by atoms with E-state index in [2.05, 4.69) is 67.2 Å². The van der Waals surface area contributed by atoms with Crippen LogP contribution in [0.2, 0.25) is 0 Å². The molecule has 524 valence electrons. The number of carbonyl (C=O) groups is 4. The van der Waals surface area contributed by atoms with Crippen molar-refractivity contribution < 1.29 is 119 Å². The van der Waals surface area contributed by atoms with Gasteiger partial charge in [0.2, 0.25) is 0 Å². The molecule has 0 atom stereocenters. The molecule has 27 nitrogen and oxygen atoms in total. The summed E-state index contributed by atoms with van der Waals surface area (Å²) in [4.78, 5) is 49.8. The van der Waals surface area contributed by atoms with Gasteiger partial charge in [0, 0.05) is 32.5 Å². The fourth-order valence-corrected chi connectivity index (χ4v) is 8.42. The number of halogens is 7. The molecule has 2 N–H and O–H groups in total. The van der Waals surface area contributed by atoms with Gasteiger partial charge in [-0.1, -0.05) is 159 Å². The average Bonchev–Trinajstić information content (AvgIpc) is 1.73. The number of carbonyl (C=O) groups excluding carboxylic acids is 3. The molecule has 6 aromatic carbocycles. The van der Waals surface area contributed by atoms with E-state index < -0.39 is 23.9 Å². The summed E-state index contributed by atoms with van der Waals surface area (Å²) in [6, 6.07) is 38.4. The van der Waals surface area contributed by atoms with Crippen molar-refractivity contribution in [3.05, 3.63) is 286 Å². The second-order valence-corrected chi connectivity index (χ2v) is 19.9. The zero-order valence-electron chi connectivity index (χ0n) is 55.7. The minimum Gasteiger partial charge on any atom is -0.870 e. The molecule has 0 aliphatic heterocycles. The summed E-state index contributed by atoms with van der Waals surface area (Å²) < 4.78 is 99.7. The SMILES string of the molecule is C.CCOC(=O)c1c(C)nnn1Cc1ccccc1F.CCOC(=O)c1nnn(Cc2ccccc2F)c1C.CCOC(=O)c1nnn(Cc2ccccc2F)c1C.Cc1c(C(=O)O)nnn1Cc1ccccc1F.Fc1ccccc1CBr.[Li+].[N-]=[N+]=NCc1ccccc1F.[N-]=[N+]=[N-].[Na+].[OH-]. The van der Waals surface area contributed by atoms with E-state index in [9.17, 15) is 45.5 Å². The van der Waals surface area contributed by atoms with E-state index in [4.69, 9.17) is 35.9 Å². The monoisotopic (exact) mass is 1470 g/mol. The molecule has 101 heavy (non-hydrogen) atoms. The smallest absolute Gasteiger partial charge is 0.870 e. The standard InChI is InChI=1S/3C13H14FN3O2.C11H10FN3O2.C7H6BrF.C7H6FN3.CH4.Li.N3.Na.H2O/c2*1-3-19-13(18)12-9(2)17(16-15-12)8-10-6-4-5-7-11(10)14;1-3-19-13(18)12-9(2)15-16-17(12)8-10-6-4-5-7-11(10)14;1-7-10(11(16)17)13-14-15(7)6-8-4-2-3-5-9(8)12;8-5-6-3-1-2-4-7(6)9;8-7-4-2-1-3-6(7)5-10-11-9;;;1-3-2;;/h3*4-7H,3,8H2,1-2H3;2-5H,6H2,1H3,(H,16,17);1-4H,5H2;1-4H,5H2;1H4;;;;1H2/q;;;;;;;+1;-1;+1;/p-1. The van der Waals surface area contributed by atoms with Crippen LogP contribution in [0.25, 0.3) is 26.4 Å². The summed E-state index contributed by atoms with van der Waals surface area (Å²) in [5, 5.41) is 42.8. The van der Waals surface area contributed by atoms with Gasteiger partial charge in [-0.2, -0.15) is 0 Å². The van der Waals surface area contributed by atoms with Crippen molar-refractivity contribution in [3.63, 3.8) is 0 Å². The zero-order valence-corrected chi connectivity index (χ0v) is 59.3. The Balaban J connectivity index is 0.00000119. The predicted molar refractivity (Wildman–Crippen MR) is 353 cm³/mol. The Bertz CT molecular complexity index is 4200. The van der Waals surface area contributed by atoms with Crippen LogP contribution in [0.15, 0.2) is 151 Å². The molecule has 10 aromatic rings. The van der Waals surface area contributed by atoms with E-state index >= 15 is 0 Å². The normalized spacial score (nSPS) is 9.56.